The summed E-state index contributed by atoms with van der Waals surface area (Å²) in [6.07, 6.45) is 4.59. The van der Waals surface area contributed by atoms with Gasteiger partial charge in [-0.2, -0.15) is 0 Å². The van der Waals surface area contributed by atoms with E-state index in [1.165, 1.54) is 0 Å². The van der Waals surface area contributed by atoms with E-state index in [2.05, 4.69) is 43.0 Å². The highest BCUT2D eigenvalue weighted by Gasteiger charge is 2.24. The SMILES string of the molecule is [2H]c1c([2H])[n+](CCN2C=CN(C(C)(C)C)C2)c([2H])n1C(C)(C)C. The van der Waals surface area contributed by atoms with E-state index < -0.39 is 0 Å². The predicted molar refractivity (Wildman–Crippen MR) is 81.9 cm³/mol. The Bertz CT molecular complexity index is 608. The fourth-order valence-corrected chi connectivity index (χ4v) is 1.98. The van der Waals surface area contributed by atoms with E-state index in [-0.39, 0.29) is 29.7 Å². The summed E-state index contributed by atoms with van der Waals surface area (Å²) in [4.78, 5) is 4.44. The molecule has 1 aliphatic heterocycles. The number of aromatic nitrogens is 2. The summed E-state index contributed by atoms with van der Waals surface area (Å²) in [5.41, 5.74) is -0.282. The van der Waals surface area contributed by atoms with Crippen molar-refractivity contribution < 1.29 is 8.68 Å². The Balaban J connectivity index is 2.10. The normalized spacial score (nSPS) is 18.4. The van der Waals surface area contributed by atoms with Crippen molar-refractivity contribution >= 4 is 0 Å². The number of rotatable bonds is 3. The molecule has 1 aromatic rings. The first-order chi connectivity index (χ1) is 10.4. The Morgan fingerprint density at radius 2 is 1.80 bits per heavy atom. The Hall–Kier alpha value is -1.45. The largest absolute Gasteiger partial charge is 0.355 e. The number of imidazole rings is 1. The van der Waals surface area contributed by atoms with Crippen LogP contribution in [0.1, 0.15) is 45.7 Å². The van der Waals surface area contributed by atoms with E-state index in [1.54, 1.807) is 9.13 Å². The van der Waals surface area contributed by atoms with Crippen LogP contribution in [0.25, 0.3) is 0 Å². The lowest BCUT2D eigenvalue weighted by Crippen LogP contribution is -2.42. The molecule has 0 saturated carbocycles. The minimum atomic E-state index is -0.369. The van der Waals surface area contributed by atoms with Gasteiger partial charge in [-0.25, -0.2) is 9.13 Å². The minimum Gasteiger partial charge on any atom is -0.355 e. The van der Waals surface area contributed by atoms with Gasteiger partial charge in [-0.05, 0) is 41.5 Å². The van der Waals surface area contributed by atoms with Crippen LogP contribution in [0, 0.1) is 0 Å². The van der Waals surface area contributed by atoms with Crippen molar-refractivity contribution in [2.75, 3.05) is 13.2 Å². The third-order valence-electron chi connectivity index (χ3n) is 3.45. The van der Waals surface area contributed by atoms with Gasteiger partial charge in [-0.15, -0.1) is 0 Å². The first kappa shape index (κ1) is 11.2. The van der Waals surface area contributed by atoms with E-state index in [1.807, 2.05) is 20.8 Å². The van der Waals surface area contributed by atoms with Crippen LogP contribution in [0.4, 0.5) is 0 Å². The summed E-state index contributed by atoms with van der Waals surface area (Å²) in [6, 6.07) is 0. The molecule has 1 aromatic heterocycles. The van der Waals surface area contributed by atoms with Gasteiger partial charge in [0.15, 0.2) is 1.37 Å². The smallest absolute Gasteiger partial charge is 0.244 e. The van der Waals surface area contributed by atoms with Crippen molar-refractivity contribution in [2.45, 2.75) is 59.2 Å². The monoisotopic (exact) mass is 280 g/mol. The molecule has 1 aliphatic rings. The summed E-state index contributed by atoms with van der Waals surface area (Å²) < 4.78 is 27.8. The van der Waals surface area contributed by atoms with Gasteiger partial charge >= 0.3 is 0 Å². The van der Waals surface area contributed by atoms with Gasteiger partial charge in [-0.3, -0.25) is 0 Å². The molecule has 0 atom stereocenters. The van der Waals surface area contributed by atoms with Crippen molar-refractivity contribution in [3.05, 3.63) is 31.0 Å². The summed E-state index contributed by atoms with van der Waals surface area (Å²) in [5, 5.41) is 0. The molecular weight excluding hydrogens is 248 g/mol. The van der Waals surface area contributed by atoms with Crippen LogP contribution in [0.15, 0.2) is 31.0 Å². The number of hydrogen-bond acceptors (Lipinski definition) is 2. The Kier molecular flexibility index (Phi) is 2.89. The molecule has 0 aromatic carbocycles. The van der Waals surface area contributed by atoms with Crippen LogP contribution in [0.5, 0.6) is 0 Å². The highest BCUT2D eigenvalue weighted by molar-refractivity contribution is 4.95. The molecule has 0 fully saturated rings. The fourth-order valence-electron chi connectivity index (χ4n) is 1.98. The second-order valence-electron chi connectivity index (χ2n) is 7.37. The Morgan fingerprint density at radius 1 is 1.10 bits per heavy atom. The quantitative estimate of drug-likeness (QED) is 0.790. The predicted octanol–water partition coefficient (Wildman–Crippen LogP) is 2.38. The fraction of sp³-hybridized carbons (Fsp3) is 0.688. The van der Waals surface area contributed by atoms with E-state index in [4.69, 9.17) is 4.11 Å². The van der Waals surface area contributed by atoms with Crippen molar-refractivity contribution in [3.8, 4) is 0 Å². The topological polar surface area (TPSA) is 15.3 Å². The molecule has 4 heteroatoms. The Morgan fingerprint density at radius 3 is 2.30 bits per heavy atom. The average molecular weight is 280 g/mol. The first-order valence-electron chi connectivity index (χ1n) is 8.71. The van der Waals surface area contributed by atoms with Gasteiger partial charge in [-0.1, -0.05) is 0 Å². The molecular formula is C16H29N4+. The summed E-state index contributed by atoms with van der Waals surface area (Å²) >= 11 is 0. The van der Waals surface area contributed by atoms with Gasteiger partial charge in [0, 0.05) is 17.9 Å². The van der Waals surface area contributed by atoms with Crippen LogP contribution < -0.4 is 4.57 Å². The second-order valence-corrected chi connectivity index (χ2v) is 7.37. The lowest BCUT2D eigenvalue weighted by atomic mass is 10.1. The van der Waals surface area contributed by atoms with Gasteiger partial charge < -0.3 is 9.80 Å². The second kappa shape index (κ2) is 5.15. The van der Waals surface area contributed by atoms with E-state index >= 15 is 0 Å². The van der Waals surface area contributed by atoms with Gasteiger partial charge in [0.2, 0.25) is 6.30 Å². The van der Waals surface area contributed by atoms with Crippen molar-refractivity contribution in [3.63, 3.8) is 0 Å². The van der Waals surface area contributed by atoms with E-state index in [0.29, 0.717) is 6.54 Å². The molecule has 0 N–H and O–H groups in total. The molecule has 0 spiro atoms. The zero-order chi connectivity index (χ0) is 17.6. The van der Waals surface area contributed by atoms with Gasteiger partial charge in [0.25, 0.3) is 0 Å². The lowest BCUT2D eigenvalue weighted by Gasteiger charge is -2.33. The van der Waals surface area contributed by atoms with Crippen LogP contribution in [-0.4, -0.2) is 33.1 Å². The zero-order valence-corrected chi connectivity index (χ0v) is 13.6. The van der Waals surface area contributed by atoms with Gasteiger partial charge in [0.1, 0.15) is 27.2 Å². The molecule has 112 valence electrons. The van der Waals surface area contributed by atoms with Crippen LogP contribution in [0.3, 0.4) is 0 Å². The third kappa shape index (κ3) is 3.56. The Labute approximate surface area is 127 Å². The number of hydrogen-bond donors (Lipinski definition) is 0. The van der Waals surface area contributed by atoms with E-state index in [9.17, 15) is 0 Å². The highest BCUT2D eigenvalue weighted by atomic mass is 15.4. The molecule has 2 rings (SSSR count). The summed E-state index contributed by atoms with van der Waals surface area (Å²) in [5.74, 6) is 0. The molecule has 0 radical (unpaired) electrons. The average Bonchev–Trinajstić information content (AvgIpc) is 2.92. The van der Waals surface area contributed by atoms with Crippen LogP contribution >= 0.6 is 0 Å². The third-order valence-corrected chi connectivity index (χ3v) is 3.45. The minimum absolute atomic E-state index is 0.0868. The van der Waals surface area contributed by atoms with Crippen LogP contribution in [0.2, 0.25) is 0 Å². The zero-order valence-electron chi connectivity index (χ0n) is 16.6. The van der Waals surface area contributed by atoms with Crippen molar-refractivity contribution in [2.24, 2.45) is 0 Å². The van der Waals surface area contributed by atoms with E-state index in [0.717, 1.165) is 13.2 Å². The molecule has 0 unspecified atom stereocenters. The maximum Gasteiger partial charge on any atom is 0.244 e. The standard InChI is InChI=1S/C16H29N4/c1-15(2,3)19-11-9-17(13-19)7-8-18-10-12-20(14-18)16(4,5)6/h9-13H,7-8,14H2,1-6H3/q+1/i9D,11D,13D. The van der Waals surface area contributed by atoms with Crippen LogP contribution in [-0.2, 0) is 12.1 Å². The summed E-state index contributed by atoms with van der Waals surface area (Å²) in [6.45, 7) is 14.5. The van der Waals surface area contributed by atoms with Crippen molar-refractivity contribution in [1.29, 1.82) is 0 Å². The number of nitrogens with zero attached hydrogens (tertiary/aromatic N) is 4. The molecule has 4 nitrogen and oxygen atoms in total. The molecule has 0 amide bonds. The lowest BCUT2D eigenvalue weighted by molar-refractivity contribution is -0.696. The molecule has 2 heterocycles. The summed E-state index contributed by atoms with van der Waals surface area (Å²) in [7, 11) is 0. The highest BCUT2D eigenvalue weighted by Crippen LogP contribution is 2.18. The van der Waals surface area contributed by atoms with Gasteiger partial charge in [0.05, 0.1) is 13.2 Å². The molecule has 0 saturated heterocycles. The molecule has 0 bridgehead atoms. The van der Waals surface area contributed by atoms with Crippen molar-refractivity contribution in [1.82, 2.24) is 14.4 Å². The first-order valence-corrected chi connectivity index (χ1v) is 7.21. The maximum atomic E-state index is 8.32. The maximum absolute atomic E-state index is 8.32. The molecule has 20 heavy (non-hydrogen) atoms. The molecule has 0 aliphatic carbocycles.